The van der Waals surface area contributed by atoms with Crippen molar-refractivity contribution in [3.8, 4) is 0 Å². The summed E-state index contributed by atoms with van der Waals surface area (Å²) in [5.41, 5.74) is 5.84. The summed E-state index contributed by atoms with van der Waals surface area (Å²) in [4.78, 5) is 82.4. The molecule has 1 rings (SSSR count). The van der Waals surface area contributed by atoms with Crippen LogP contribution in [0.25, 0.3) is 0 Å². The quantitative estimate of drug-likeness (QED) is 0.0441. The standard InChI is InChI=1S/C27H41N7O8/c1-19(12-22(28)36)42-18-33-25(39)15-32-27(41)21(13-20-8-4-2-5-9-20)34-26(40)16-31-24(38)14-30-23(37)10-6-3-7-11-29-17-35/h2,4-5,8-9,17,19,21H,3,6-7,10-16,18H2,1H3,(H2,28,36)(H,29,35)(H,30,37)(H,31,38)(H,32,41)(H,33,39)(H,34,40)/t19-,21+/m1/s1. The summed E-state index contributed by atoms with van der Waals surface area (Å²) in [7, 11) is 0. The molecule has 0 saturated heterocycles. The Labute approximate surface area is 244 Å². The summed E-state index contributed by atoms with van der Waals surface area (Å²) in [5, 5.41) is 14.8. The zero-order valence-corrected chi connectivity index (χ0v) is 23.7. The van der Waals surface area contributed by atoms with E-state index in [-0.39, 0.29) is 45.0 Å². The van der Waals surface area contributed by atoms with Gasteiger partial charge in [0.05, 0.1) is 32.2 Å². The number of carbonyl (C=O) groups is 7. The molecule has 7 amide bonds. The van der Waals surface area contributed by atoms with E-state index in [0.717, 1.165) is 18.4 Å². The number of amides is 7. The molecular weight excluding hydrogens is 550 g/mol. The van der Waals surface area contributed by atoms with Crippen molar-refractivity contribution in [2.24, 2.45) is 5.73 Å². The first-order valence-corrected chi connectivity index (χ1v) is 13.6. The third kappa shape index (κ3) is 17.9. The first-order valence-electron chi connectivity index (χ1n) is 13.6. The Morgan fingerprint density at radius 1 is 0.833 bits per heavy atom. The van der Waals surface area contributed by atoms with Crippen molar-refractivity contribution < 1.29 is 38.3 Å². The van der Waals surface area contributed by atoms with Crippen LogP contribution in [0.2, 0.25) is 0 Å². The minimum Gasteiger partial charge on any atom is -0.370 e. The summed E-state index contributed by atoms with van der Waals surface area (Å²) in [5.74, 6) is -3.25. The number of ether oxygens (including phenoxy) is 1. The Morgan fingerprint density at radius 3 is 2.17 bits per heavy atom. The predicted molar refractivity (Wildman–Crippen MR) is 151 cm³/mol. The highest BCUT2D eigenvalue weighted by atomic mass is 16.5. The molecule has 0 aromatic heterocycles. The number of carbonyl (C=O) groups excluding carboxylic acids is 7. The molecule has 15 heteroatoms. The third-order valence-electron chi connectivity index (χ3n) is 5.68. The molecule has 1 aromatic rings. The lowest BCUT2D eigenvalue weighted by Gasteiger charge is -2.19. The number of hydrogen-bond acceptors (Lipinski definition) is 8. The minimum atomic E-state index is -1.04. The highest BCUT2D eigenvalue weighted by Gasteiger charge is 2.22. The fraction of sp³-hybridized carbons (Fsp3) is 0.519. The Bertz CT molecular complexity index is 1040. The Hall–Kier alpha value is -4.53. The molecule has 1 aromatic carbocycles. The van der Waals surface area contributed by atoms with E-state index in [9.17, 15) is 33.6 Å². The minimum absolute atomic E-state index is 0.00813. The van der Waals surface area contributed by atoms with Crippen LogP contribution >= 0.6 is 0 Å². The average molecular weight is 592 g/mol. The fourth-order valence-corrected chi connectivity index (χ4v) is 3.52. The van der Waals surface area contributed by atoms with Gasteiger partial charge in [-0.3, -0.25) is 33.6 Å². The predicted octanol–water partition coefficient (Wildman–Crippen LogP) is -2.28. The van der Waals surface area contributed by atoms with Crippen LogP contribution in [-0.4, -0.2) is 86.9 Å². The van der Waals surface area contributed by atoms with Crippen LogP contribution in [0.4, 0.5) is 0 Å². The highest BCUT2D eigenvalue weighted by molar-refractivity contribution is 5.92. The molecule has 0 fully saturated rings. The molecule has 0 saturated carbocycles. The largest absolute Gasteiger partial charge is 0.370 e. The van der Waals surface area contributed by atoms with Gasteiger partial charge in [-0.2, -0.15) is 0 Å². The van der Waals surface area contributed by atoms with Gasteiger partial charge in [-0.25, -0.2) is 0 Å². The van der Waals surface area contributed by atoms with Crippen molar-refractivity contribution in [2.45, 2.75) is 57.6 Å². The van der Waals surface area contributed by atoms with Crippen molar-refractivity contribution in [2.75, 3.05) is 32.9 Å². The molecule has 42 heavy (non-hydrogen) atoms. The molecular formula is C27H41N7O8. The number of unbranched alkanes of at least 4 members (excludes halogenated alkanes) is 2. The van der Waals surface area contributed by atoms with Gasteiger partial charge in [0, 0.05) is 19.4 Å². The van der Waals surface area contributed by atoms with Crippen LogP contribution in [0.3, 0.4) is 0 Å². The number of benzene rings is 1. The van der Waals surface area contributed by atoms with Crippen LogP contribution in [0.1, 0.15) is 44.6 Å². The number of rotatable bonds is 22. The second-order valence-corrected chi connectivity index (χ2v) is 9.36. The van der Waals surface area contributed by atoms with Gasteiger partial charge in [0.2, 0.25) is 41.9 Å². The van der Waals surface area contributed by atoms with Gasteiger partial charge in [0.15, 0.2) is 0 Å². The summed E-state index contributed by atoms with van der Waals surface area (Å²) < 4.78 is 5.25. The van der Waals surface area contributed by atoms with Crippen LogP contribution in [0.15, 0.2) is 30.3 Å². The van der Waals surface area contributed by atoms with Crippen LogP contribution in [0, 0.1) is 0 Å². The monoisotopic (exact) mass is 591 g/mol. The van der Waals surface area contributed by atoms with Gasteiger partial charge in [-0.1, -0.05) is 36.8 Å². The Kier molecular flexibility index (Phi) is 18.0. The van der Waals surface area contributed by atoms with E-state index >= 15 is 0 Å². The Morgan fingerprint density at radius 2 is 1.48 bits per heavy atom. The lowest BCUT2D eigenvalue weighted by Crippen LogP contribution is -2.52. The molecule has 0 aliphatic rings. The van der Waals surface area contributed by atoms with Gasteiger partial charge in [-0.15, -0.1) is 0 Å². The van der Waals surface area contributed by atoms with Crippen molar-refractivity contribution in [1.29, 1.82) is 0 Å². The number of nitrogens with two attached hydrogens (primary N) is 1. The summed E-state index contributed by atoms with van der Waals surface area (Å²) in [6.45, 7) is 0.835. The molecule has 232 valence electrons. The van der Waals surface area contributed by atoms with E-state index in [1.54, 1.807) is 37.3 Å². The second-order valence-electron chi connectivity index (χ2n) is 9.36. The number of primary amides is 1. The first-order chi connectivity index (χ1) is 20.1. The summed E-state index contributed by atoms with van der Waals surface area (Å²) in [6, 6.07) is 7.86. The molecule has 15 nitrogen and oxygen atoms in total. The van der Waals surface area contributed by atoms with E-state index in [2.05, 4.69) is 31.9 Å². The molecule has 2 atom stereocenters. The van der Waals surface area contributed by atoms with Gasteiger partial charge >= 0.3 is 0 Å². The lowest BCUT2D eigenvalue weighted by molar-refractivity contribution is -0.131. The van der Waals surface area contributed by atoms with E-state index in [1.165, 1.54) is 0 Å². The van der Waals surface area contributed by atoms with Crippen molar-refractivity contribution in [3.63, 3.8) is 0 Å². The molecule has 0 unspecified atom stereocenters. The van der Waals surface area contributed by atoms with Crippen LogP contribution in [-0.2, 0) is 44.7 Å². The molecule has 0 heterocycles. The maximum Gasteiger partial charge on any atom is 0.243 e. The van der Waals surface area contributed by atoms with E-state index < -0.39 is 48.2 Å². The van der Waals surface area contributed by atoms with E-state index in [1.807, 2.05) is 0 Å². The maximum absolute atomic E-state index is 12.8. The van der Waals surface area contributed by atoms with Crippen molar-refractivity contribution in [3.05, 3.63) is 35.9 Å². The third-order valence-corrected chi connectivity index (χ3v) is 5.68. The topological polar surface area (TPSA) is 227 Å². The molecule has 0 aliphatic heterocycles. The number of nitrogens with one attached hydrogen (secondary N) is 6. The van der Waals surface area contributed by atoms with Gasteiger partial charge in [0.1, 0.15) is 12.8 Å². The smallest absolute Gasteiger partial charge is 0.243 e. The van der Waals surface area contributed by atoms with Gasteiger partial charge < -0.3 is 42.4 Å². The molecule has 0 radical (unpaired) electrons. The average Bonchev–Trinajstić information content (AvgIpc) is 2.95. The Balaban J connectivity index is 2.47. The SMILES string of the molecule is C[C@H](CC(N)=O)OCNC(=O)CNC(=O)[C@H](Cc1ccccc1)NC(=O)CNC(=O)CNC(=O)CCCCCNC=O. The van der Waals surface area contributed by atoms with Crippen LogP contribution < -0.4 is 37.6 Å². The molecule has 0 aliphatic carbocycles. The maximum atomic E-state index is 12.8. The van der Waals surface area contributed by atoms with Crippen LogP contribution in [0.5, 0.6) is 0 Å². The van der Waals surface area contributed by atoms with E-state index in [4.69, 9.17) is 10.5 Å². The second kappa shape index (κ2) is 21.2. The fourth-order valence-electron chi connectivity index (χ4n) is 3.52. The lowest BCUT2D eigenvalue weighted by atomic mass is 10.1. The van der Waals surface area contributed by atoms with Crippen molar-refractivity contribution >= 4 is 41.9 Å². The highest BCUT2D eigenvalue weighted by Crippen LogP contribution is 2.04. The zero-order chi connectivity index (χ0) is 31.2. The molecule has 0 bridgehead atoms. The zero-order valence-electron chi connectivity index (χ0n) is 23.7. The molecule has 0 spiro atoms. The molecule has 8 N–H and O–H groups in total. The summed E-state index contributed by atoms with van der Waals surface area (Å²) >= 11 is 0. The van der Waals surface area contributed by atoms with Crippen molar-refractivity contribution in [1.82, 2.24) is 31.9 Å². The summed E-state index contributed by atoms with van der Waals surface area (Å²) in [6.07, 6.45) is 2.56. The number of hydrogen-bond donors (Lipinski definition) is 7. The van der Waals surface area contributed by atoms with Gasteiger partial charge in [0.25, 0.3) is 0 Å². The van der Waals surface area contributed by atoms with E-state index in [0.29, 0.717) is 19.4 Å². The normalized spacial score (nSPS) is 11.7. The van der Waals surface area contributed by atoms with Gasteiger partial charge in [-0.05, 0) is 25.3 Å². The first kappa shape index (κ1) is 35.5.